The number of carbonyl (C=O) groups excluding carboxylic acids is 6. The van der Waals surface area contributed by atoms with Crippen molar-refractivity contribution in [2.24, 2.45) is 23.1 Å². The highest BCUT2D eigenvalue weighted by atomic mass is 16.2. The topological polar surface area (TPSA) is 232 Å². The summed E-state index contributed by atoms with van der Waals surface area (Å²) in [4.78, 5) is 80.1. The second kappa shape index (κ2) is 23.1. The Morgan fingerprint density at radius 1 is 0.722 bits per heavy atom. The van der Waals surface area contributed by atoms with Gasteiger partial charge in [-0.05, 0) is 75.0 Å². The first-order chi connectivity index (χ1) is 25.9. The van der Waals surface area contributed by atoms with Crippen LogP contribution in [0, 0.1) is 5.92 Å². The van der Waals surface area contributed by atoms with Gasteiger partial charge in [0.2, 0.25) is 35.4 Å². The van der Waals surface area contributed by atoms with Crippen LogP contribution in [-0.4, -0.2) is 90.2 Å². The lowest BCUT2D eigenvalue weighted by Crippen LogP contribution is -2.59. The summed E-state index contributed by atoms with van der Waals surface area (Å²) in [5.41, 5.74) is 18.9. The molecule has 0 saturated carbocycles. The smallest absolute Gasteiger partial charge is 0.245 e. The van der Waals surface area contributed by atoms with E-state index in [4.69, 9.17) is 17.2 Å². The molecular formula is C40H60N8O6. The Morgan fingerprint density at radius 2 is 1.28 bits per heavy atom. The zero-order chi connectivity index (χ0) is 39.5. The number of carbonyl (C=O) groups is 6. The van der Waals surface area contributed by atoms with E-state index in [-0.39, 0.29) is 49.5 Å². The van der Waals surface area contributed by atoms with E-state index < -0.39 is 47.8 Å². The van der Waals surface area contributed by atoms with Crippen LogP contribution in [0.4, 0.5) is 0 Å². The molecule has 14 heteroatoms. The molecule has 10 N–H and O–H groups in total. The highest BCUT2D eigenvalue weighted by molar-refractivity contribution is 5.95. The number of nitrogens with one attached hydrogen (secondary N) is 4. The van der Waals surface area contributed by atoms with Crippen molar-refractivity contribution in [2.75, 3.05) is 19.6 Å². The number of hydrogen-bond acceptors (Lipinski definition) is 8. The van der Waals surface area contributed by atoms with Gasteiger partial charge in [0.05, 0.1) is 6.04 Å². The van der Waals surface area contributed by atoms with Crippen molar-refractivity contribution in [3.63, 3.8) is 0 Å². The second-order valence-electron chi connectivity index (χ2n) is 14.6. The molecule has 1 fully saturated rings. The van der Waals surface area contributed by atoms with Gasteiger partial charge in [-0.2, -0.15) is 0 Å². The summed E-state index contributed by atoms with van der Waals surface area (Å²) in [5.74, 6) is -2.35. The van der Waals surface area contributed by atoms with Crippen LogP contribution in [0.1, 0.15) is 82.8 Å². The van der Waals surface area contributed by atoms with Crippen molar-refractivity contribution < 1.29 is 28.8 Å². The van der Waals surface area contributed by atoms with Crippen LogP contribution in [0.2, 0.25) is 0 Å². The lowest BCUT2D eigenvalue weighted by Gasteiger charge is -2.35. The van der Waals surface area contributed by atoms with Gasteiger partial charge in [0.25, 0.3) is 0 Å². The van der Waals surface area contributed by atoms with Crippen LogP contribution in [0.3, 0.4) is 0 Å². The van der Waals surface area contributed by atoms with Crippen LogP contribution >= 0.6 is 0 Å². The normalized spacial score (nSPS) is 15.4. The molecule has 0 aliphatic carbocycles. The Hall–Kier alpha value is -4.82. The van der Waals surface area contributed by atoms with Gasteiger partial charge in [-0.25, -0.2) is 0 Å². The quantitative estimate of drug-likeness (QED) is 0.0863. The molecule has 1 saturated heterocycles. The molecule has 0 radical (unpaired) electrons. The van der Waals surface area contributed by atoms with Crippen molar-refractivity contribution in [1.82, 2.24) is 26.2 Å². The summed E-state index contributed by atoms with van der Waals surface area (Å²) in [5, 5.41) is 11.6. The fourth-order valence-corrected chi connectivity index (χ4v) is 6.48. The van der Waals surface area contributed by atoms with Crippen LogP contribution in [0.15, 0.2) is 60.7 Å². The monoisotopic (exact) mass is 748 g/mol. The van der Waals surface area contributed by atoms with Gasteiger partial charge in [0.15, 0.2) is 0 Å². The van der Waals surface area contributed by atoms with Gasteiger partial charge in [-0.15, -0.1) is 0 Å². The van der Waals surface area contributed by atoms with E-state index in [0.29, 0.717) is 64.6 Å². The van der Waals surface area contributed by atoms with Crippen molar-refractivity contribution in [3.8, 4) is 0 Å². The summed E-state index contributed by atoms with van der Waals surface area (Å²) in [6.45, 7) is 5.10. The summed E-state index contributed by atoms with van der Waals surface area (Å²) in [6, 6.07) is 14.8. The molecule has 296 valence electrons. The first-order valence-corrected chi connectivity index (χ1v) is 19.2. The van der Waals surface area contributed by atoms with Crippen LogP contribution < -0.4 is 38.5 Å². The summed E-state index contributed by atoms with van der Waals surface area (Å²) in [6.07, 6.45) is 4.23. The molecule has 1 aliphatic rings. The molecule has 6 amide bonds. The zero-order valence-electron chi connectivity index (χ0n) is 31.8. The standard InChI is InChI=1S/C40H60N8O6/c1-27(2)24-33(47-39(53)34(26-29-14-7-4-8-15-29)46-37(51)31(42)25-28-12-5-3-6-13-28)38(52)45-32(16-9-10-21-41)40(54)48-22-19-30(20-23-48)44-36(50)18-11-17-35(43)49/h3-8,12-15,27,30-34H,9-11,16-26,41-42H2,1-2H3,(H2,43,49)(H,44,50)(H,45,52)(H,46,51)(H,47,53)/t31-,32-,33-,34-/m1/s1. The minimum absolute atomic E-state index is 0.0129. The molecule has 1 heterocycles. The van der Waals surface area contributed by atoms with Crippen LogP contribution in [-0.2, 0) is 41.6 Å². The predicted octanol–water partition coefficient (Wildman–Crippen LogP) is 1.19. The number of nitrogens with zero attached hydrogens (tertiary/aromatic N) is 1. The lowest BCUT2D eigenvalue weighted by atomic mass is 9.99. The van der Waals surface area contributed by atoms with Gasteiger partial charge < -0.3 is 43.4 Å². The van der Waals surface area contributed by atoms with E-state index >= 15 is 0 Å². The zero-order valence-corrected chi connectivity index (χ0v) is 31.8. The minimum atomic E-state index is -1.02. The number of amides is 6. The number of rotatable bonds is 22. The number of unbranched alkanes of at least 4 members (excludes halogenated alkanes) is 1. The Labute approximate surface area is 319 Å². The molecule has 2 aromatic rings. The Kier molecular flexibility index (Phi) is 18.6. The maximum atomic E-state index is 14.0. The van der Waals surface area contributed by atoms with E-state index in [1.165, 1.54) is 0 Å². The first-order valence-electron chi connectivity index (χ1n) is 19.2. The molecule has 1 aliphatic heterocycles. The number of hydrogen-bond donors (Lipinski definition) is 7. The van der Waals surface area contributed by atoms with Crippen molar-refractivity contribution in [2.45, 2.75) is 115 Å². The molecule has 3 rings (SSSR count). The molecule has 0 spiro atoms. The van der Waals surface area contributed by atoms with Gasteiger partial charge in [0, 0.05) is 38.4 Å². The largest absolute Gasteiger partial charge is 0.370 e. The Balaban J connectivity index is 1.70. The number of benzene rings is 2. The fourth-order valence-electron chi connectivity index (χ4n) is 6.48. The van der Waals surface area contributed by atoms with Crippen molar-refractivity contribution in [3.05, 3.63) is 71.8 Å². The number of primary amides is 1. The third kappa shape index (κ3) is 15.7. The molecule has 0 aromatic heterocycles. The third-order valence-electron chi connectivity index (χ3n) is 9.45. The lowest BCUT2D eigenvalue weighted by molar-refractivity contribution is -0.139. The van der Waals surface area contributed by atoms with Gasteiger partial charge in [0.1, 0.15) is 18.1 Å². The Bertz CT molecular complexity index is 1500. The van der Waals surface area contributed by atoms with Crippen LogP contribution in [0.5, 0.6) is 0 Å². The average Bonchev–Trinajstić information content (AvgIpc) is 3.14. The molecule has 2 aromatic carbocycles. The molecule has 54 heavy (non-hydrogen) atoms. The Morgan fingerprint density at radius 3 is 1.85 bits per heavy atom. The van der Waals surface area contributed by atoms with E-state index in [1.807, 2.05) is 74.5 Å². The van der Waals surface area contributed by atoms with Gasteiger partial charge >= 0.3 is 0 Å². The van der Waals surface area contributed by atoms with E-state index in [1.54, 1.807) is 4.90 Å². The maximum absolute atomic E-state index is 14.0. The SMILES string of the molecule is CC(C)C[C@@H](NC(=O)[C@@H](Cc1ccccc1)NC(=O)[C@H](N)Cc1ccccc1)C(=O)N[C@H](CCCCN)C(=O)N1CCC(NC(=O)CCCC(N)=O)CC1. The van der Waals surface area contributed by atoms with E-state index in [9.17, 15) is 28.8 Å². The highest BCUT2D eigenvalue weighted by Gasteiger charge is 2.33. The summed E-state index contributed by atoms with van der Waals surface area (Å²) >= 11 is 0. The van der Waals surface area contributed by atoms with E-state index in [0.717, 1.165) is 11.1 Å². The predicted molar refractivity (Wildman–Crippen MR) is 207 cm³/mol. The number of nitrogens with two attached hydrogens (primary N) is 3. The van der Waals surface area contributed by atoms with Gasteiger partial charge in [-0.3, -0.25) is 28.8 Å². The number of likely N-dealkylation sites (tertiary alicyclic amines) is 1. The van der Waals surface area contributed by atoms with Crippen molar-refractivity contribution >= 4 is 35.4 Å². The average molecular weight is 749 g/mol. The fraction of sp³-hybridized carbons (Fsp3) is 0.550. The van der Waals surface area contributed by atoms with Crippen LogP contribution in [0.25, 0.3) is 0 Å². The molecule has 4 atom stereocenters. The first kappa shape index (κ1) is 43.6. The summed E-state index contributed by atoms with van der Waals surface area (Å²) < 4.78 is 0. The van der Waals surface area contributed by atoms with Gasteiger partial charge in [-0.1, -0.05) is 74.5 Å². The summed E-state index contributed by atoms with van der Waals surface area (Å²) in [7, 11) is 0. The van der Waals surface area contributed by atoms with E-state index in [2.05, 4.69) is 21.3 Å². The third-order valence-corrected chi connectivity index (χ3v) is 9.45. The minimum Gasteiger partial charge on any atom is -0.370 e. The molecule has 14 nitrogen and oxygen atoms in total. The number of piperidine rings is 1. The second-order valence-corrected chi connectivity index (χ2v) is 14.6. The highest BCUT2D eigenvalue weighted by Crippen LogP contribution is 2.16. The van der Waals surface area contributed by atoms with Crippen molar-refractivity contribution in [1.29, 1.82) is 0 Å². The molecule has 0 bridgehead atoms. The molecular weight excluding hydrogens is 688 g/mol. The maximum Gasteiger partial charge on any atom is 0.245 e. The molecule has 0 unspecified atom stereocenters.